The molecule has 0 unspecified atom stereocenters. The Labute approximate surface area is 200 Å². The van der Waals surface area contributed by atoms with Gasteiger partial charge in [-0.25, -0.2) is 18.0 Å². The van der Waals surface area contributed by atoms with Crippen LogP contribution < -0.4 is 11.0 Å². The van der Waals surface area contributed by atoms with Gasteiger partial charge in [0.2, 0.25) is 0 Å². The third-order valence-corrected chi connectivity index (χ3v) is 7.02. The van der Waals surface area contributed by atoms with E-state index in [0.29, 0.717) is 11.5 Å². The van der Waals surface area contributed by atoms with Gasteiger partial charge in [0.1, 0.15) is 5.82 Å². The molecule has 2 aromatic heterocycles. The fraction of sp³-hybridized carbons (Fsp3) is 0.400. The van der Waals surface area contributed by atoms with Crippen LogP contribution in [-0.4, -0.2) is 44.4 Å². The minimum Gasteiger partial charge on any atom is -0.361 e. The van der Waals surface area contributed by atoms with Crippen molar-refractivity contribution >= 4 is 27.6 Å². The Balaban J connectivity index is 1.64. The highest BCUT2D eigenvalue weighted by atomic mass is 19.3. The summed E-state index contributed by atoms with van der Waals surface area (Å²) < 4.78 is 44.7. The van der Waals surface area contributed by atoms with E-state index in [4.69, 9.17) is 0 Å². The van der Waals surface area contributed by atoms with Crippen LogP contribution in [0, 0.1) is 12.7 Å². The van der Waals surface area contributed by atoms with Crippen molar-refractivity contribution in [3.05, 3.63) is 63.5 Å². The molecule has 0 spiro atoms. The van der Waals surface area contributed by atoms with Crippen LogP contribution in [0.5, 0.6) is 0 Å². The van der Waals surface area contributed by atoms with E-state index in [1.807, 2.05) is 30.7 Å². The maximum absolute atomic E-state index is 14.8. The molecule has 1 aliphatic heterocycles. The summed E-state index contributed by atoms with van der Waals surface area (Å²) in [7, 11) is 3.80. The molecule has 5 rings (SSSR count). The smallest absolute Gasteiger partial charge is 0.329 e. The molecular weight excluding hydrogens is 457 g/mol. The summed E-state index contributed by atoms with van der Waals surface area (Å²) in [6, 6.07) is 7.25. The second-order valence-corrected chi connectivity index (χ2v) is 9.35. The van der Waals surface area contributed by atoms with Gasteiger partial charge in [-0.2, -0.15) is 5.10 Å². The number of nitrogens with one attached hydrogen (secondary N) is 1. The van der Waals surface area contributed by atoms with E-state index in [0.717, 1.165) is 47.4 Å². The molecular formula is C25H27F3N6O. The van der Waals surface area contributed by atoms with Crippen LogP contribution in [0.25, 0.3) is 21.8 Å². The number of halogens is 3. The van der Waals surface area contributed by atoms with E-state index in [1.54, 1.807) is 18.5 Å². The number of hydrogen-bond acceptors (Lipinski definition) is 5. The summed E-state index contributed by atoms with van der Waals surface area (Å²) in [5.74, 6) is -0.537. The zero-order chi connectivity index (χ0) is 25.0. The van der Waals surface area contributed by atoms with Crippen LogP contribution in [-0.2, 0) is 7.05 Å². The highest BCUT2D eigenvalue weighted by Crippen LogP contribution is 2.33. The van der Waals surface area contributed by atoms with Crippen molar-refractivity contribution in [1.82, 2.24) is 24.2 Å². The van der Waals surface area contributed by atoms with Gasteiger partial charge >= 0.3 is 5.69 Å². The number of anilines is 1. The van der Waals surface area contributed by atoms with Crippen molar-refractivity contribution in [3.8, 4) is 0 Å². The molecule has 0 aliphatic carbocycles. The Morgan fingerprint density at radius 2 is 1.80 bits per heavy atom. The summed E-state index contributed by atoms with van der Waals surface area (Å²) in [6.45, 7) is 5.22. The standard InChI is InChI=1S/C25H27F3N6O/c1-13(16-6-5-7-17(22(16)26)23(27)28)29-24-19-11-21-20(10-18(19)14(2)30-31-24)33(4)25(35)34(21)15-8-9-32(3)12-15/h5-7,10-11,13,15,23H,8-9,12H2,1-4H3,(H,29,31)/t13-,15+/m1/s1. The molecule has 1 aliphatic rings. The molecule has 2 aromatic carbocycles. The fourth-order valence-corrected chi connectivity index (χ4v) is 5.07. The van der Waals surface area contributed by atoms with Crippen LogP contribution in [0.4, 0.5) is 19.0 Å². The maximum Gasteiger partial charge on any atom is 0.329 e. The average molecular weight is 485 g/mol. The molecule has 0 bridgehead atoms. The third kappa shape index (κ3) is 3.85. The predicted octanol–water partition coefficient (Wildman–Crippen LogP) is 4.72. The molecule has 184 valence electrons. The minimum atomic E-state index is -2.90. The first-order chi connectivity index (χ1) is 16.7. The molecule has 2 atom stereocenters. The largest absolute Gasteiger partial charge is 0.361 e. The average Bonchev–Trinajstić information content (AvgIpc) is 3.35. The summed E-state index contributed by atoms with van der Waals surface area (Å²) in [5.41, 5.74) is 1.68. The molecule has 10 heteroatoms. The van der Waals surface area contributed by atoms with Gasteiger partial charge in [-0.1, -0.05) is 18.2 Å². The number of benzene rings is 2. The Kier molecular flexibility index (Phi) is 5.79. The lowest BCUT2D eigenvalue weighted by atomic mass is 10.0. The Bertz CT molecular complexity index is 1490. The van der Waals surface area contributed by atoms with Gasteiger partial charge < -0.3 is 10.2 Å². The van der Waals surface area contributed by atoms with E-state index in [1.165, 1.54) is 12.1 Å². The van der Waals surface area contributed by atoms with Gasteiger partial charge in [-0.15, -0.1) is 5.10 Å². The highest BCUT2D eigenvalue weighted by molar-refractivity contribution is 6.01. The number of aromatic nitrogens is 4. The molecule has 0 amide bonds. The quantitative estimate of drug-likeness (QED) is 0.444. The normalized spacial score (nSPS) is 17.7. The van der Waals surface area contributed by atoms with E-state index in [2.05, 4.69) is 20.4 Å². The number of imidazole rings is 1. The van der Waals surface area contributed by atoms with Crippen LogP contribution >= 0.6 is 0 Å². The number of likely N-dealkylation sites (tertiary alicyclic amines) is 1. The molecule has 1 N–H and O–H groups in total. The van der Waals surface area contributed by atoms with Gasteiger partial charge in [0.25, 0.3) is 6.43 Å². The Morgan fingerprint density at radius 1 is 1.09 bits per heavy atom. The van der Waals surface area contributed by atoms with E-state index in [-0.39, 0.29) is 17.3 Å². The zero-order valence-corrected chi connectivity index (χ0v) is 20.0. The van der Waals surface area contributed by atoms with Gasteiger partial charge in [0, 0.05) is 29.9 Å². The fourth-order valence-electron chi connectivity index (χ4n) is 5.07. The van der Waals surface area contributed by atoms with E-state index < -0.39 is 23.8 Å². The predicted molar refractivity (Wildman–Crippen MR) is 130 cm³/mol. The number of aryl methyl sites for hydroxylation is 2. The number of rotatable bonds is 5. The second-order valence-electron chi connectivity index (χ2n) is 9.35. The van der Waals surface area contributed by atoms with Crippen molar-refractivity contribution in [2.75, 3.05) is 25.5 Å². The van der Waals surface area contributed by atoms with Crippen molar-refractivity contribution < 1.29 is 13.2 Å². The van der Waals surface area contributed by atoms with Gasteiger partial charge in [0.15, 0.2) is 5.82 Å². The maximum atomic E-state index is 14.8. The Hall–Kier alpha value is -3.40. The lowest BCUT2D eigenvalue weighted by Gasteiger charge is -2.19. The molecule has 1 fully saturated rings. The first-order valence-corrected chi connectivity index (χ1v) is 11.6. The topological polar surface area (TPSA) is 68.0 Å². The van der Waals surface area contributed by atoms with Crippen molar-refractivity contribution in [3.63, 3.8) is 0 Å². The SMILES string of the molecule is Cc1nnc(N[C@H](C)c2cccc(C(F)F)c2F)c2cc3c(cc12)n(C)c(=O)n3[C@H]1CCN(C)C1. The first-order valence-electron chi connectivity index (χ1n) is 11.6. The number of alkyl halides is 2. The van der Waals surface area contributed by atoms with Gasteiger partial charge in [-0.3, -0.25) is 9.13 Å². The van der Waals surface area contributed by atoms with Crippen LogP contribution in [0.3, 0.4) is 0 Å². The summed E-state index contributed by atoms with van der Waals surface area (Å²) >= 11 is 0. The van der Waals surface area contributed by atoms with Gasteiger partial charge in [0.05, 0.1) is 34.4 Å². The molecule has 3 heterocycles. The monoisotopic (exact) mass is 484 g/mol. The molecule has 4 aromatic rings. The van der Waals surface area contributed by atoms with Crippen molar-refractivity contribution in [1.29, 1.82) is 0 Å². The molecule has 0 saturated carbocycles. The highest BCUT2D eigenvalue weighted by Gasteiger charge is 2.27. The molecule has 1 saturated heterocycles. The number of likely N-dealkylation sites (N-methyl/N-ethyl adjacent to an activating group) is 1. The summed E-state index contributed by atoms with van der Waals surface area (Å²) in [6.07, 6.45) is -2.02. The minimum absolute atomic E-state index is 0.0612. The van der Waals surface area contributed by atoms with Gasteiger partial charge in [-0.05, 0) is 46.0 Å². The molecule has 35 heavy (non-hydrogen) atoms. The van der Waals surface area contributed by atoms with Crippen LogP contribution in [0.2, 0.25) is 0 Å². The van der Waals surface area contributed by atoms with Crippen LogP contribution in [0.15, 0.2) is 35.1 Å². The zero-order valence-electron chi connectivity index (χ0n) is 20.0. The van der Waals surface area contributed by atoms with Crippen LogP contribution in [0.1, 0.15) is 48.7 Å². The first kappa shape index (κ1) is 23.3. The number of nitrogens with zero attached hydrogens (tertiary/aromatic N) is 5. The summed E-state index contributed by atoms with van der Waals surface area (Å²) in [4.78, 5) is 15.4. The molecule has 7 nitrogen and oxygen atoms in total. The number of fused-ring (bicyclic) bond motifs is 2. The lowest BCUT2D eigenvalue weighted by molar-refractivity contribution is 0.146. The third-order valence-electron chi connectivity index (χ3n) is 7.02. The van der Waals surface area contributed by atoms with Crippen molar-refractivity contribution in [2.45, 2.75) is 38.8 Å². The Morgan fingerprint density at radius 3 is 2.49 bits per heavy atom. The molecule has 0 radical (unpaired) electrons. The summed E-state index contributed by atoms with van der Waals surface area (Å²) in [5, 5.41) is 13.2. The second kappa shape index (κ2) is 8.67. The van der Waals surface area contributed by atoms with Crippen molar-refractivity contribution in [2.24, 2.45) is 7.05 Å². The number of hydrogen-bond donors (Lipinski definition) is 1. The van der Waals surface area contributed by atoms with E-state index in [9.17, 15) is 18.0 Å². The van der Waals surface area contributed by atoms with E-state index >= 15 is 0 Å². The lowest BCUT2D eigenvalue weighted by Crippen LogP contribution is -2.27.